The second-order valence-corrected chi connectivity index (χ2v) is 7.10. The van der Waals surface area contributed by atoms with Gasteiger partial charge in [-0.25, -0.2) is 4.39 Å². The Morgan fingerprint density at radius 2 is 1.81 bits per heavy atom. The smallest absolute Gasteiger partial charge is 0.406 e. The van der Waals surface area contributed by atoms with Gasteiger partial charge in [-0.05, 0) is 60.1 Å². The van der Waals surface area contributed by atoms with Crippen molar-refractivity contribution in [1.82, 2.24) is 4.98 Å². The number of hydrogen-bond donors (Lipinski definition) is 0. The molecule has 0 fully saturated rings. The molecule has 1 aromatic heterocycles. The summed E-state index contributed by atoms with van der Waals surface area (Å²) < 4.78 is 55.4. The number of rotatable bonds is 4. The van der Waals surface area contributed by atoms with Gasteiger partial charge in [-0.15, -0.1) is 13.2 Å². The van der Waals surface area contributed by atoms with E-state index >= 15 is 0 Å². The van der Waals surface area contributed by atoms with Crippen molar-refractivity contribution in [3.05, 3.63) is 77.2 Å². The summed E-state index contributed by atoms with van der Waals surface area (Å²) in [5.41, 5.74) is 2.60. The highest BCUT2D eigenvalue weighted by molar-refractivity contribution is 8.03. The van der Waals surface area contributed by atoms with Gasteiger partial charge in [0.25, 0.3) is 0 Å². The van der Waals surface area contributed by atoms with Crippen LogP contribution in [-0.4, -0.2) is 11.3 Å². The molecule has 2 aromatic carbocycles. The minimum atomic E-state index is -4.75. The lowest BCUT2D eigenvalue weighted by Gasteiger charge is -2.10. The van der Waals surface area contributed by atoms with E-state index in [-0.39, 0.29) is 11.4 Å². The highest BCUT2D eigenvalue weighted by Crippen LogP contribution is 2.26. The highest BCUT2D eigenvalue weighted by Gasteiger charge is 2.31. The van der Waals surface area contributed by atoms with Crippen LogP contribution >= 0.6 is 11.8 Å². The number of benzene rings is 2. The molecule has 3 rings (SSSR count). The van der Waals surface area contributed by atoms with Gasteiger partial charge >= 0.3 is 6.36 Å². The van der Waals surface area contributed by atoms with Crippen LogP contribution in [0.15, 0.2) is 59.6 Å². The first kappa shape index (κ1) is 22.2. The second kappa shape index (κ2) is 9.55. The predicted octanol–water partition coefficient (Wildman–Crippen LogP) is 6.32. The van der Waals surface area contributed by atoms with Crippen molar-refractivity contribution in [2.45, 2.75) is 24.6 Å². The van der Waals surface area contributed by atoms with Crippen molar-refractivity contribution in [3.8, 4) is 34.2 Å². The molecule has 0 bridgehead atoms. The van der Waals surface area contributed by atoms with E-state index in [1.54, 1.807) is 24.3 Å². The standard InChI is InChI=1S/C23H14F4N2OS/c1-2-16-11-19(30-23(25,26)27)10-9-17(16)6-3-15-4-7-18(8-5-15)22-21(24)12-20(13-29-22)31-14-28/h4-5,7-13H,2H2,1H3. The van der Waals surface area contributed by atoms with Gasteiger partial charge in [0.1, 0.15) is 16.8 Å². The maximum Gasteiger partial charge on any atom is 0.573 e. The van der Waals surface area contributed by atoms with Gasteiger partial charge in [-0.2, -0.15) is 5.26 Å². The minimum Gasteiger partial charge on any atom is -0.406 e. The summed E-state index contributed by atoms with van der Waals surface area (Å²) in [5.74, 6) is 5.09. The van der Waals surface area contributed by atoms with E-state index in [2.05, 4.69) is 21.6 Å². The third-order valence-electron chi connectivity index (χ3n) is 4.17. The molecule has 0 aliphatic heterocycles. The summed E-state index contributed by atoms with van der Waals surface area (Å²) in [6.45, 7) is 1.81. The van der Waals surface area contributed by atoms with Crippen molar-refractivity contribution in [2.75, 3.05) is 0 Å². The highest BCUT2D eigenvalue weighted by atomic mass is 32.2. The Balaban J connectivity index is 1.81. The van der Waals surface area contributed by atoms with Gasteiger partial charge in [0.05, 0.1) is 0 Å². The third-order valence-corrected chi connectivity index (χ3v) is 4.72. The Bertz CT molecular complexity index is 1190. The molecule has 3 nitrogen and oxygen atoms in total. The number of halogens is 4. The fourth-order valence-electron chi connectivity index (χ4n) is 2.77. The molecule has 156 valence electrons. The average Bonchev–Trinajstić information content (AvgIpc) is 2.72. The summed E-state index contributed by atoms with van der Waals surface area (Å²) >= 11 is 0.828. The molecule has 0 amide bonds. The van der Waals surface area contributed by atoms with E-state index in [9.17, 15) is 17.6 Å². The van der Waals surface area contributed by atoms with Crippen molar-refractivity contribution < 1.29 is 22.3 Å². The fourth-order valence-corrected chi connectivity index (χ4v) is 3.15. The molecule has 0 aliphatic carbocycles. The zero-order valence-corrected chi connectivity index (χ0v) is 16.9. The van der Waals surface area contributed by atoms with Crippen LogP contribution in [0.25, 0.3) is 11.3 Å². The zero-order chi connectivity index (χ0) is 22.4. The molecule has 0 N–H and O–H groups in total. The van der Waals surface area contributed by atoms with Crippen molar-refractivity contribution in [1.29, 1.82) is 5.26 Å². The van der Waals surface area contributed by atoms with Gasteiger partial charge in [-0.1, -0.05) is 30.9 Å². The Morgan fingerprint density at radius 1 is 1.06 bits per heavy atom. The lowest BCUT2D eigenvalue weighted by molar-refractivity contribution is -0.274. The monoisotopic (exact) mass is 442 g/mol. The molecule has 0 saturated carbocycles. The number of aromatic nitrogens is 1. The predicted molar refractivity (Wildman–Crippen MR) is 110 cm³/mol. The first-order valence-corrected chi connectivity index (χ1v) is 9.83. The van der Waals surface area contributed by atoms with Gasteiger partial charge in [0.2, 0.25) is 0 Å². The molecular formula is C23H14F4N2OS. The van der Waals surface area contributed by atoms with Crippen LogP contribution in [0.2, 0.25) is 0 Å². The number of alkyl halides is 3. The zero-order valence-electron chi connectivity index (χ0n) is 16.1. The number of nitrogens with zero attached hydrogens (tertiary/aromatic N) is 2. The Hall–Kier alpha value is -3.49. The molecule has 0 unspecified atom stereocenters. The number of thioether (sulfide) groups is 1. The summed E-state index contributed by atoms with van der Waals surface area (Å²) in [6, 6.07) is 12.0. The first-order chi connectivity index (χ1) is 14.8. The van der Waals surface area contributed by atoms with Crippen LogP contribution in [0.1, 0.15) is 23.6 Å². The van der Waals surface area contributed by atoms with Gasteiger partial charge in [0, 0.05) is 27.8 Å². The normalized spacial score (nSPS) is 10.7. The van der Waals surface area contributed by atoms with Crippen molar-refractivity contribution in [3.63, 3.8) is 0 Å². The molecule has 1 heterocycles. The molecule has 0 radical (unpaired) electrons. The topological polar surface area (TPSA) is 45.9 Å². The molecule has 0 aliphatic rings. The second-order valence-electron chi connectivity index (χ2n) is 6.24. The van der Waals surface area contributed by atoms with Crippen LogP contribution in [-0.2, 0) is 6.42 Å². The fraction of sp³-hybridized carbons (Fsp3) is 0.130. The SMILES string of the molecule is CCc1cc(OC(F)(F)F)ccc1C#Cc1ccc(-c2ncc(SC#N)cc2F)cc1. The van der Waals surface area contributed by atoms with Crippen LogP contribution < -0.4 is 4.74 Å². The lowest BCUT2D eigenvalue weighted by Crippen LogP contribution is -2.17. The Labute approximate surface area is 180 Å². The number of hydrogen-bond acceptors (Lipinski definition) is 4. The summed E-state index contributed by atoms with van der Waals surface area (Å²) in [4.78, 5) is 4.49. The van der Waals surface area contributed by atoms with Crippen LogP contribution in [0.5, 0.6) is 5.75 Å². The van der Waals surface area contributed by atoms with E-state index in [1.807, 2.05) is 12.3 Å². The number of thiocyanates is 1. The van der Waals surface area contributed by atoms with E-state index < -0.39 is 12.2 Å². The van der Waals surface area contributed by atoms with Crippen LogP contribution in [0, 0.1) is 28.3 Å². The molecule has 8 heteroatoms. The Kier molecular flexibility index (Phi) is 6.84. The first-order valence-electron chi connectivity index (χ1n) is 9.01. The summed E-state index contributed by atoms with van der Waals surface area (Å²) in [6.07, 6.45) is -2.83. The van der Waals surface area contributed by atoms with Crippen LogP contribution in [0.3, 0.4) is 0 Å². The number of pyridine rings is 1. The third kappa shape index (κ3) is 6.00. The van der Waals surface area contributed by atoms with Crippen LogP contribution in [0.4, 0.5) is 17.6 Å². The quantitative estimate of drug-likeness (QED) is 0.205. The maximum atomic E-state index is 14.3. The number of ether oxygens (including phenoxy) is 1. The van der Waals surface area contributed by atoms with Crippen molar-refractivity contribution in [2.24, 2.45) is 0 Å². The van der Waals surface area contributed by atoms with Gasteiger partial charge in [-0.3, -0.25) is 4.98 Å². The maximum absolute atomic E-state index is 14.3. The molecule has 3 aromatic rings. The number of nitriles is 1. The molecule has 0 atom stereocenters. The van der Waals surface area contributed by atoms with E-state index in [0.29, 0.717) is 33.6 Å². The average molecular weight is 442 g/mol. The minimum absolute atomic E-state index is 0.162. The van der Waals surface area contributed by atoms with E-state index in [4.69, 9.17) is 5.26 Å². The molecule has 31 heavy (non-hydrogen) atoms. The number of aryl methyl sites for hydroxylation is 1. The van der Waals surface area contributed by atoms with Gasteiger partial charge < -0.3 is 4.74 Å². The van der Waals surface area contributed by atoms with Crippen molar-refractivity contribution >= 4 is 11.8 Å². The summed E-state index contributed by atoms with van der Waals surface area (Å²) in [7, 11) is 0. The molecule has 0 saturated heterocycles. The van der Waals surface area contributed by atoms with Gasteiger partial charge in [0.15, 0.2) is 5.82 Å². The largest absolute Gasteiger partial charge is 0.573 e. The lowest BCUT2D eigenvalue weighted by atomic mass is 10.0. The molecular weight excluding hydrogens is 428 g/mol. The van der Waals surface area contributed by atoms with E-state index in [0.717, 1.165) is 11.8 Å². The Morgan fingerprint density at radius 3 is 2.42 bits per heavy atom. The van der Waals surface area contributed by atoms with E-state index in [1.165, 1.54) is 30.5 Å². The summed E-state index contributed by atoms with van der Waals surface area (Å²) in [5, 5.41) is 10.5. The molecule has 0 spiro atoms.